The number of phenolic OH excluding ortho intramolecular Hbond substituents is 1. The maximum Gasteiger partial charge on any atom is 0.127 e. The van der Waals surface area contributed by atoms with Crippen LogP contribution in [-0.4, -0.2) is 10.7 Å². The average molecular weight is 415 g/mol. The molecule has 30 heavy (non-hydrogen) atoms. The Morgan fingerprint density at radius 2 is 1.73 bits per heavy atom. The van der Waals surface area contributed by atoms with E-state index in [1.165, 1.54) is 56.9 Å². The van der Waals surface area contributed by atoms with Gasteiger partial charge in [-0.05, 0) is 86.8 Å². The highest BCUT2D eigenvalue weighted by Gasteiger charge is 2.46. The molecule has 0 radical (unpaired) electrons. The molecule has 1 N–H and O–H groups in total. The molecule has 1 heterocycles. The Morgan fingerprint density at radius 3 is 2.40 bits per heavy atom. The van der Waals surface area contributed by atoms with Crippen molar-refractivity contribution in [2.24, 2.45) is 23.7 Å². The number of hydrogen-bond donors (Lipinski definition) is 1. The summed E-state index contributed by atoms with van der Waals surface area (Å²) < 4.78 is 6.63. The van der Waals surface area contributed by atoms with Crippen LogP contribution < -0.4 is 4.74 Å². The molecule has 0 aromatic heterocycles. The predicted octanol–water partition coefficient (Wildman–Crippen LogP) is 8.43. The second kappa shape index (κ2) is 9.53. The molecule has 2 aliphatic rings. The number of hydrogen-bond acceptors (Lipinski definition) is 2. The third-order valence-corrected chi connectivity index (χ3v) is 8.55. The maximum absolute atomic E-state index is 11.2. The van der Waals surface area contributed by atoms with Gasteiger partial charge in [-0.1, -0.05) is 60.3 Å². The Labute approximate surface area is 185 Å². The molecule has 1 fully saturated rings. The van der Waals surface area contributed by atoms with Crippen molar-refractivity contribution in [1.29, 1.82) is 0 Å². The summed E-state index contributed by atoms with van der Waals surface area (Å²) in [6.07, 6.45) is 10.0. The molecule has 3 rings (SSSR count). The van der Waals surface area contributed by atoms with Gasteiger partial charge in [-0.25, -0.2) is 0 Å². The van der Waals surface area contributed by atoms with E-state index in [9.17, 15) is 5.11 Å². The molecule has 5 atom stereocenters. The largest absolute Gasteiger partial charge is 0.508 e. The van der Waals surface area contributed by atoms with Crippen LogP contribution in [0.2, 0.25) is 0 Å². The first-order chi connectivity index (χ1) is 14.2. The molecule has 2 heteroatoms. The Bertz CT molecular complexity index is 705. The summed E-state index contributed by atoms with van der Waals surface area (Å²) in [6.45, 7) is 16.2. The Hall–Kier alpha value is -1.18. The van der Waals surface area contributed by atoms with Gasteiger partial charge in [-0.15, -0.1) is 0 Å². The third kappa shape index (κ3) is 4.83. The van der Waals surface area contributed by atoms with Crippen LogP contribution in [0.15, 0.2) is 12.1 Å². The summed E-state index contributed by atoms with van der Waals surface area (Å²) in [7, 11) is 0. The monoisotopic (exact) mass is 414 g/mol. The van der Waals surface area contributed by atoms with Crippen LogP contribution in [-0.2, 0) is 0 Å². The molecular formula is C28H46O2. The average Bonchev–Trinajstić information content (AvgIpc) is 2.90. The minimum absolute atomic E-state index is 0.176. The zero-order chi connectivity index (χ0) is 22.1. The summed E-state index contributed by atoms with van der Waals surface area (Å²) in [5.41, 5.74) is 2.15. The molecule has 1 saturated carbocycles. The van der Waals surface area contributed by atoms with Crippen molar-refractivity contribution >= 4 is 0 Å². The van der Waals surface area contributed by atoms with E-state index in [2.05, 4.69) is 60.6 Å². The maximum atomic E-state index is 11.2. The van der Waals surface area contributed by atoms with Crippen LogP contribution in [0.3, 0.4) is 0 Å². The lowest BCUT2D eigenvalue weighted by Gasteiger charge is -2.45. The van der Waals surface area contributed by atoms with Gasteiger partial charge in [0.2, 0.25) is 0 Å². The molecule has 0 amide bonds. The second-order valence-electron chi connectivity index (χ2n) is 11.3. The minimum atomic E-state index is -0.176. The zero-order valence-corrected chi connectivity index (χ0v) is 20.6. The van der Waals surface area contributed by atoms with E-state index in [1.54, 1.807) is 0 Å². The van der Waals surface area contributed by atoms with Crippen molar-refractivity contribution in [3.63, 3.8) is 0 Å². The van der Waals surface area contributed by atoms with E-state index in [4.69, 9.17) is 4.74 Å². The van der Waals surface area contributed by atoms with Crippen molar-refractivity contribution in [3.05, 3.63) is 23.3 Å². The number of phenols is 1. The van der Waals surface area contributed by atoms with Crippen LogP contribution in [0.1, 0.15) is 123 Å². The fourth-order valence-electron chi connectivity index (χ4n) is 6.18. The Kier molecular flexibility index (Phi) is 7.46. The Morgan fingerprint density at radius 1 is 1.03 bits per heavy atom. The molecule has 3 unspecified atom stereocenters. The summed E-state index contributed by atoms with van der Waals surface area (Å²) >= 11 is 0. The number of fused-ring (bicyclic) bond motifs is 3. The van der Waals surface area contributed by atoms with E-state index in [-0.39, 0.29) is 5.60 Å². The van der Waals surface area contributed by atoms with Gasteiger partial charge in [0, 0.05) is 11.5 Å². The van der Waals surface area contributed by atoms with Gasteiger partial charge < -0.3 is 9.84 Å². The molecule has 1 aromatic carbocycles. The molecule has 1 aliphatic heterocycles. The summed E-state index contributed by atoms with van der Waals surface area (Å²) in [6, 6.07) is 4.32. The number of rotatable bonds is 7. The zero-order valence-electron chi connectivity index (χ0n) is 20.6. The summed E-state index contributed by atoms with van der Waals surface area (Å²) in [5, 5.41) is 11.2. The lowest BCUT2D eigenvalue weighted by molar-refractivity contribution is 0.00529. The first-order valence-corrected chi connectivity index (χ1v) is 12.7. The van der Waals surface area contributed by atoms with Gasteiger partial charge in [0.05, 0.1) is 0 Å². The van der Waals surface area contributed by atoms with Crippen molar-refractivity contribution in [2.75, 3.05) is 0 Å². The molecule has 0 spiro atoms. The van der Waals surface area contributed by atoms with Crippen molar-refractivity contribution in [3.8, 4) is 11.5 Å². The molecule has 170 valence electrons. The highest BCUT2D eigenvalue weighted by Crippen LogP contribution is 2.55. The van der Waals surface area contributed by atoms with E-state index in [0.29, 0.717) is 29.4 Å². The SMILES string of the molecule is CCCCCC(C)C(C)c1cc(O)c2c(c1)OC(C)(C)[C@@H]1CCC(C(C)C)CC[C@@H]21. The number of unbranched alkanes of at least 4 members (excludes halogenated alkanes) is 2. The molecule has 0 saturated heterocycles. The molecule has 0 bridgehead atoms. The van der Waals surface area contributed by atoms with Crippen LogP contribution in [0.5, 0.6) is 11.5 Å². The van der Waals surface area contributed by atoms with E-state index < -0.39 is 0 Å². The fraction of sp³-hybridized carbons (Fsp3) is 0.786. The fourth-order valence-corrected chi connectivity index (χ4v) is 6.18. The van der Waals surface area contributed by atoms with E-state index in [1.807, 2.05) is 0 Å². The minimum Gasteiger partial charge on any atom is -0.508 e. The molecular weight excluding hydrogens is 368 g/mol. The van der Waals surface area contributed by atoms with Gasteiger partial charge in [0.15, 0.2) is 0 Å². The summed E-state index contributed by atoms with van der Waals surface area (Å²) in [5.74, 6) is 4.90. The molecule has 1 aromatic rings. The van der Waals surface area contributed by atoms with Gasteiger partial charge in [0.1, 0.15) is 17.1 Å². The van der Waals surface area contributed by atoms with Crippen molar-refractivity contribution < 1.29 is 9.84 Å². The quantitative estimate of drug-likeness (QED) is 0.454. The number of aromatic hydroxyl groups is 1. The van der Waals surface area contributed by atoms with Crippen molar-refractivity contribution in [2.45, 2.75) is 117 Å². The van der Waals surface area contributed by atoms with Gasteiger partial charge in [-0.2, -0.15) is 0 Å². The van der Waals surface area contributed by atoms with Gasteiger partial charge in [-0.3, -0.25) is 0 Å². The number of ether oxygens (including phenoxy) is 1. The lowest BCUT2D eigenvalue weighted by atomic mass is 9.71. The smallest absolute Gasteiger partial charge is 0.127 e. The van der Waals surface area contributed by atoms with Crippen molar-refractivity contribution in [1.82, 2.24) is 0 Å². The molecule has 2 nitrogen and oxygen atoms in total. The lowest BCUT2D eigenvalue weighted by Crippen LogP contribution is -2.44. The molecule has 1 aliphatic carbocycles. The third-order valence-electron chi connectivity index (χ3n) is 8.55. The van der Waals surface area contributed by atoms with Gasteiger partial charge >= 0.3 is 0 Å². The van der Waals surface area contributed by atoms with Crippen LogP contribution in [0.4, 0.5) is 0 Å². The van der Waals surface area contributed by atoms with E-state index in [0.717, 1.165) is 23.1 Å². The standard InChI is InChI=1S/C28H46O2/c1-8-9-10-11-19(4)20(5)22-16-25(29)27-23-14-12-21(18(2)3)13-15-24(23)28(6,7)30-26(27)17-22/h16-21,23-24,29H,8-15H2,1-7H3/t19?,20?,21?,23-,24-/m1/s1. The number of benzene rings is 1. The Balaban J connectivity index is 1.89. The normalized spacial score (nSPS) is 27.5. The topological polar surface area (TPSA) is 29.5 Å². The predicted molar refractivity (Wildman–Crippen MR) is 128 cm³/mol. The van der Waals surface area contributed by atoms with E-state index >= 15 is 0 Å². The first kappa shape index (κ1) is 23.5. The highest BCUT2D eigenvalue weighted by atomic mass is 16.5. The van der Waals surface area contributed by atoms with Crippen LogP contribution in [0.25, 0.3) is 0 Å². The van der Waals surface area contributed by atoms with Gasteiger partial charge in [0.25, 0.3) is 0 Å². The second-order valence-corrected chi connectivity index (χ2v) is 11.3. The first-order valence-electron chi connectivity index (χ1n) is 12.7. The van der Waals surface area contributed by atoms with Crippen LogP contribution in [0, 0.1) is 23.7 Å². The van der Waals surface area contributed by atoms with Crippen LogP contribution >= 0.6 is 0 Å². The summed E-state index contributed by atoms with van der Waals surface area (Å²) in [4.78, 5) is 0. The highest BCUT2D eigenvalue weighted by molar-refractivity contribution is 5.52.